The van der Waals surface area contributed by atoms with Gasteiger partial charge in [0.2, 0.25) is 0 Å². The van der Waals surface area contributed by atoms with Gasteiger partial charge in [0.05, 0.1) is 18.2 Å². The Morgan fingerprint density at radius 2 is 2.00 bits per heavy atom. The van der Waals surface area contributed by atoms with Crippen molar-refractivity contribution >= 4 is 32.0 Å². The smallest absolute Gasteiger partial charge is 0.305 e. The molecule has 0 radical (unpaired) electrons. The predicted molar refractivity (Wildman–Crippen MR) is 67.3 cm³/mol. The Balaban J connectivity index is 2.75. The fraction of sp³-hybridized carbons (Fsp3) is 0.200. The van der Waals surface area contributed by atoms with Gasteiger partial charge in [-0.2, -0.15) is 0 Å². The molecule has 1 aromatic rings. The van der Waals surface area contributed by atoms with Gasteiger partial charge in [-0.25, -0.2) is 4.99 Å². The topological polar surface area (TPSA) is 102 Å². The minimum atomic E-state index is -0.994. The van der Waals surface area contributed by atoms with Crippen molar-refractivity contribution in [2.24, 2.45) is 16.5 Å². The van der Waals surface area contributed by atoms with E-state index in [1.54, 1.807) is 12.1 Å². The third kappa shape index (κ3) is 3.96. The SMILES string of the molecule is NC(=Nc1ccc(P)cc1)C(N)CC(=O)O. The van der Waals surface area contributed by atoms with Gasteiger partial charge in [-0.3, -0.25) is 4.79 Å². The first kappa shape index (κ1) is 12.6. The normalized spacial score (nSPS) is 13.5. The van der Waals surface area contributed by atoms with Crippen LogP contribution >= 0.6 is 9.24 Å². The second-order valence-corrected chi connectivity index (χ2v) is 4.00. The van der Waals surface area contributed by atoms with Crippen LogP contribution in [0.25, 0.3) is 0 Å². The van der Waals surface area contributed by atoms with Gasteiger partial charge >= 0.3 is 5.97 Å². The van der Waals surface area contributed by atoms with Gasteiger partial charge in [-0.1, -0.05) is 12.1 Å². The summed E-state index contributed by atoms with van der Waals surface area (Å²) in [6, 6.07) is 6.53. The summed E-state index contributed by atoms with van der Waals surface area (Å²) in [5, 5.41) is 9.58. The van der Waals surface area contributed by atoms with Crippen molar-refractivity contribution < 1.29 is 9.90 Å². The zero-order valence-electron chi connectivity index (χ0n) is 8.63. The molecule has 0 heterocycles. The molecule has 0 aliphatic heterocycles. The summed E-state index contributed by atoms with van der Waals surface area (Å²) in [5.74, 6) is -0.870. The van der Waals surface area contributed by atoms with Gasteiger partial charge in [-0.15, -0.1) is 9.24 Å². The molecular formula is C10H14N3O2P. The standard InChI is InChI=1S/C10H14N3O2P/c11-8(5-9(14)15)10(12)13-6-1-3-7(16)4-2-6/h1-4,8H,5,11,16H2,(H2,12,13)(H,14,15). The van der Waals surface area contributed by atoms with Gasteiger partial charge in [0, 0.05) is 0 Å². The monoisotopic (exact) mass is 239 g/mol. The number of hydrogen-bond acceptors (Lipinski definition) is 3. The summed E-state index contributed by atoms with van der Waals surface area (Å²) in [7, 11) is 2.55. The quantitative estimate of drug-likeness (QED) is 0.390. The molecule has 0 saturated heterocycles. The van der Waals surface area contributed by atoms with Crippen LogP contribution in [-0.2, 0) is 4.79 Å². The highest BCUT2D eigenvalue weighted by molar-refractivity contribution is 7.27. The molecule has 5 nitrogen and oxygen atoms in total. The molecule has 2 atom stereocenters. The molecule has 16 heavy (non-hydrogen) atoms. The molecule has 0 aliphatic carbocycles. The van der Waals surface area contributed by atoms with Crippen LogP contribution in [0.2, 0.25) is 0 Å². The minimum Gasteiger partial charge on any atom is -0.481 e. The van der Waals surface area contributed by atoms with E-state index in [0.717, 1.165) is 5.30 Å². The number of aliphatic imine (C=N–C) groups is 1. The van der Waals surface area contributed by atoms with E-state index in [-0.39, 0.29) is 12.3 Å². The van der Waals surface area contributed by atoms with E-state index in [2.05, 4.69) is 14.2 Å². The molecule has 0 bridgehead atoms. The lowest BCUT2D eigenvalue weighted by Gasteiger charge is -2.07. The number of carboxylic acid groups (broad SMARTS) is 1. The Kier molecular flexibility index (Phi) is 4.40. The molecule has 2 unspecified atom stereocenters. The van der Waals surface area contributed by atoms with E-state index < -0.39 is 12.0 Å². The Hall–Kier alpha value is -1.45. The number of nitrogens with zero attached hydrogens (tertiary/aromatic N) is 1. The second kappa shape index (κ2) is 5.58. The molecule has 5 N–H and O–H groups in total. The largest absolute Gasteiger partial charge is 0.481 e. The van der Waals surface area contributed by atoms with Crippen LogP contribution in [0.15, 0.2) is 29.3 Å². The van der Waals surface area contributed by atoms with E-state index in [0.29, 0.717) is 5.69 Å². The van der Waals surface area contributed by atoms with E-state index in [9.17, 15) is 4.79 Å². The number of hydrogen-bond donors (Lipinski definition) is 3. The van der Waals surface area contributed by atoms with Gasteiger partial charge in [0.25, 0.3) is 0 Å². The lowest BCUT2D eigenvalue weighted by atomic mass is 10.2. The fourth-order valence-electron chi connectivity index (χ4n) is 1.07. The Bertz CT molecular complexity index is 403. The van der Waals surface area contributed by atoms with Crippen LogP contribution < -0.4 is 16.8 Å². The Labute approximate surface area is 95.8 Å². The molecule has 0 aromatic heterocycles. The zero-order chi connectivity index (χ0) is 12.1. The van der Waals surface area contributed by atoms with Crippen LogP contribution in [0.4, 0.5) is 5.69 Å². The number of nitrogens with two attached hydrogens (primary N) is 2. The summed E-state index contributed by atoms with van der Waals surface area (Å²) < 4.78 is 0. The van der Waals surface area contributed by atoms with E-state index in [1.807, 2.05) is 12.1 Å². The predicted octanol–water partition coefficient (Wildman–Crippen LogP) is -0.0223. The van der Waals surface area contributed by atoms with Crippen molar-refractivity contribution in [3.63, 3.8) is 0 Å². The number of benzene rings is 1. The maximum atomic E-state index is 10.4. The molecule has 6 heteroatoms. The van der Waals surface area contributed by atoms with Crippen LogP contribution in [0, 0.1) is 0 Å². The van der Waals surface area contributed by atoms with Crippen LogP contribution in [0.3, 0.4) is 0 Å². The van der Waals surface area contributed by atoms with Gasteiger partial charge in [0.1, 0.15) is 5.84 Å². The number of rotatable bonds is 4. The first-order chi connectivity index (χ1) is 7.49. The molecular weight excluding hydrogens is 225 g/mol. The summed E-state index contributed by atoms with van der Waals surface area (Å²) in [6.45, 7) is 0. The van der Waals surface area contributed by atoms with Crippen molar-refractivity contribution in [1.82, 2.24) is 0 Å². The summed E-state index contributed by atoms with van der Waals surface area (Å²) in [4.78, 5) is 14.5. The maximum Gasteiger partial charge on any atom is 0.305 e. The summed E-state index contributed by atoms with van der Waals surface area (Å²) in [6.07, 6.45) is -0.225. The van der Waals surface area contributed by atoms with E-state index in [1.165, 1.54) is 0 Å². The first-order valence-corrected chi connectivity index (χ1v) is 5.23. The summed E-state index contributed by atoms with van der Waals surface area (Å²) in [5.41, 5.74) is 11.8. The minimum absolute atomic E-state index is 0.124. The molecule has 0 aliphatic rings. The zero-order valence-corrected chi connectivity index (χ0v) is 9.78. The van der Waals surface area contributed by atoms with Crippen molar-refractivity contribution in [2.45, 2.75) is 12.5 Å². The van der Waals surface area contributed by atoms with E-state index >= 15 is 0 Å². The summed E-state index contributed by atoms with van der Waals surface area (Å²) >= 11 is 0. The number of carbonyl (C=O) groups is 1. The van der Waals surface area contributed by atoms with Crippen LogP contribution in [0.5, 0.6) is 0 Å². The fourth-order valence-corrected chi connectivity index (χ4v) is 1.27. The van der Waals surface area contributed by atoms with Gasteiger partial charge in [0.15, 0.2) is 0 Å². The number of amidine groups is 1. The number of aliphatic carboxylic acids is 1. The van der Waals surface area contributed by atoms with Gasteiger partial charge < -0.3 is 16.6 Å². The lowest BCUT2D eigenvalue weighted by molar-refractivity contribution is -0.137. The van der Waals surface area contributed by atoms with Crippen LogP contribution in [0.1, 0.15) is 6.42 Å². The Morgan fingerprint density at radius 3 is 2.50 bits per heavy atom. The average molecular weight is 239 g/mol. The molecule has 0 saturated carbocycles. The maximum absolute atomic E-state index is 10.4. The third-order valence-electron chi connectivity index (χ3n) is 1.93. The Morgan fingerprint density at radius 1 is 1.44 bits per heavy atom. The highest BCUT2D eigenvalue weighted by Crippen LogP contribution is 2.10. The highest BCUT2D eigenvalue weighted by Gasteiger charge is 2.11. The average Bonchev–Trinajstić information content (AvgIpc) is 2.20. The molecule has 1 rings (SSSR count). The van der Waals surface area contributed by atoms with Crippen molar-refractivity contribution in [3.8, 4) is 0 Å². The third-order valence-corrected chi connectivity index (χ3v) is 2.31. The van der Waals surface area contributed by atoms with Crippen LogP contribution in [-0.4, -0.2) is 23.0 Å². The highest BCUT2D eigenvalue weighted by atomic mass is 31.0. The van der Waals surface area contributed by atoms with Crippen molar-refractivity contribution in [3.05, 3.63) is 24.3 Å². The second-order valence-electron chi connectivity index (χ2n) is 3.33. The molecule has 1 aromatic carbocycles. The molecule has 0 amide bonds. The molecule has 86 valence electrons. The first-order valence-electron chi connectivity index (χ1n) is 4.66. The van der Waals surface area contributed by atoms with Crippen molar-refractivity contribution in [2.75, 3.05) is 0 Å². The van der Waals surface area contributed by atoms with E-state index in [4.69, 9.17) is 16.6 Å². The number of carboxylic acids is 1. The molecule has 0 fully saturated rings. The molecule has 0 spiro atoms. The van der Waals surface area contributed by atoms with Crippen molar-refractivity contribution in [1.29, 1.82) is 0 Å². The lowest BCUT2D eigenvalue weighted by Crippen LogP contribution is -2.38. The van der Waals surface area contributed by atoms with Gasteiger partial charge in [-0.05, 0) is 17.4 Å².